The van der Waals surface area contributed by atoms with Crippen molar-refractivity contribution in [3.63, 3.8) is 0 Å². The van der Waals surface area contributed by atoms with E-state index in [0.29, 0.717) is 24.2 Å². The monoisotopic (exact) mass is 272 g/mol. The maximum absolute atomic E-state index is 12.4. The van der Waals surface area contributed by atoms with E-state index >= 15 is 0 Å². The number of hydrogen-bond acceptors (Lipinski definition) is 4. The van der Waals surface area contributed by atoms with Gasteiger partial charge in [0.1, 0.15) is 17.9 Å². The summed E-state index contributed by atoms with van der Waals surface area (Å²) in [5.41, 5.74) is 1.32. The minimum atomic E-state index is -0.00452. The van der Waals surface area contributed by atoms with E-state index in [-0.39, 0.29) is 17.6 Å². The average Bonchev–Trinajstić information content (AvgIpc) is 3.11. The number of aryl methyl sites for hydroxylation is 1. The first kappa shape index (κ1) is 12.7. The summed E-state index contributed by atoms with van der Waals surface area (Å²) in [7, 11) is 0. The van der Waals surface area contributed by atoms with Crippen LogP contribution in [0.25, 0.3) is 0 Å². The van der Waals surface area contributed by atoms with Crippen LogP contribution in [0.15, 0.2) is 24.5 Å². The summed E-state index contributed by atoms with van der Waals surface area (Å²) in [5, 5.41) is 16.2. The lowest BCUT2D eigenvalue weighted by Gasteiger charge is -2.16. The van der Waals surface area contributed by atoms with Crippen molar-refractivity contribution >= 4 is 5.91 Å². The molecule has 1 saturated heterocycles. The number of carbonyl (C=O) groups excluding carboxylic acids is 1. The van der Waals surface area contributed by atoms with Gasteiger partial charge in [0, 0.05) is 24.6 Å². The molecule has 6 nitrogen and oxygen atoms in total. The van der Waals surface area contributed by atoms with Gasteiger partial charge in [0.2, 0.25) is 0 Å². The SMILES string of the molecule is Cc1cc(C(=O)N2CCC(c3ncn[nH]3)C2)ccc1O. The third-order valence-electron chi connectivity index (χ3n) is 3.74. The smallest absolute Gasteiger partial charge is 0.253 e. The standard InChI is InChI=1S/C14H16N4O2/c1-9-6-10(2-3-12(9)19)14(20)18-5-4-11(7-18)13-15-8-16-17-13/h2-3,6,8,11,19H,4-5,7H2,1H3,(H,15,16,17). The summed E-state index contributed by atoms with van der Waals surface area (Å²) < 4.78 is 0. The van der Waals surface area contributed by atoms with E-state index in [1.807, 2.05) is 4.90 Å². The molecule has 1 unspecified atom stereocenters. The fourth-order valence-electron chi connectivity index (χ4n) is 2.55. The van der Waals surface area contributed by atoms with Crippen molar-refractivity contribution in [3.8, 4) is 5.75 Å². The molecule has 2 heterocycles. The molecular formula is C14H16N4O2. The van der Waals surface area contributed by atoms with Gasteiger partial charge in [-0.1, -0.05) is 0 Å². The van der Waals surface area contributed by atoms with E-state index in [4.69, 9.17) is 0 Å². The molecule has 6 heteroatoms. The van der Waals surface area contributed by atoms with Gasteiger partial charge in [-0.05, 0) is 37.1 Å². The van der Waals surface area contributed by atoms with Crippen molar-refractivity contribution in [1.82, 2.24) is 20.1 Å². The minimum absolute atomic E-state index is 0.00452. The number of phenols is 1. The molecule has 0 aliphatic carbocycles. The first-order chi connectivity index (χ1) is 9.65. The Labute approximate surface area is 116 Å². The van der Waals surface area contributed by atoms with Crippen LogP contribution in [0.2, 0.25) is 0 Å². The highest BCUT2D eigenvalue weighted by molar-refractivity contribution is 5.94. The number of hydrogen-bond donors (Lipinski definition) is 2. The Kier molecular flexibility index (Phi) is 3.14. The van der Waals surface area contributed by atoms with Crippen LogP contribution >= 0.6 is 0 Å². The van der Waals surface area contributed by atoms with Crippen LogP contribution in [0.5, 0.6) is 5.75 Å². The largest absolute Gasteiger partial charge is 0.508 e. The lowest BCUT2D eigenvalue weighted by molar-refractivity contribution is 0.0790. The fourth-order valence-corrected chi connectivity index (χ4v) is 2.55. The molecule has 1 amide bonds. The maximum Gasteiger partial charge on any atom is 0.253 e. The summed E-state index contributed by atoms with van der Waals surface area (Å²) in [6, 6.07) is 4.94. The Morgan fingerprint density at radius 3 is 3.05 bits per heavy atom. The summed E-state index contributed by atoms with van der Waals surface area (Å²) in [6.07, 6.45) is 2.38. The van der Waals surface area contributed by atoms with E-state index in [0.717, 1.165) is 12.2 Å². The zero-order valence-electron chi connectivity index (χ0n) is 11.2. The topological polar surface area (TPSA) is 82.1 Å². The number of likely N-dealkylation sites (tertiary alicyclic amines) is 1. The van der Waals surface area contributed by atoms with Crippen molar-refractivity contribution in [3.05, 3.63) is 41.5 Å². The van der Waals surface area contributed by atoms with Crippen molar-refractivity contribution in [2.24, 2.45) is 0 Å². The van der Waals surface area contributed by atoms with E-state index in [1.165, 1.54) is 6.33 Å². The zero-order chi connectivity index (χ0) is 14.1. The van der Waals surface area contributed by atoms with Crippen LogP contribution in [0.1, 0.15) is 34.1 Å². The second kappa shape index (κ2) is 4.96. The number of benzene rings is 1. The first-order valence-electron chi connectivity index (χ1n) is 6.59. The number of aromatic hydroxyl groups is 1. The molecule has 2 N–H and O–H groups in total. The van der Waals surface area contributed by atoms with Gasteiger partial charge in [0.05, 0.1) is 0 Å². The highest BCUT2D eigenvalue weighted by atomic mass is 16.3. The number of aromatic nitrogens is 3. The van der Waals surface area contributed by atoms with Crippen molar-refractivity contribution in [2.45, 2.75) is 19.3 Å². The van der Waals surface area contributed by atoms with E-state index in [9.17, 15) is 9.90 Å². The number of aromatic amines is 1. The summed E-state index contributed by atoms with van der Waals surface area (Å²) in [5.74, 6) is 1.26. The van der Waals surface area contributed by atoms with Crippen molar-refractivity contribution < 1.29 is 9.90 Å². The fraction of sp³-hybridized carbons (Fsp3) is 0.357. The van der Waals surface area contributed by atoms with Gasteiger partial charge in [0.15, 0.2) is 0 Å². The third-order valence-corrected chi connectivity index (χ3v) is 3.74. The molecule has 20 heavy (non-hydrogen) atoms. The lowest BCUT2D eigenvalue weighted by atomic mass is 10.1. The van der Waals surface area contributed by atoms with Crippen LogP contribution in [0.3, 0.4) is 0 Å². The molecule has 1 aromatic carbocycles. The van der Waals surface area contributed by atoms with Gasteiger partial charge in [-0.15, -0.1) is 0 Å². The Bertz CT molecular complexity index is 624. The Hall–Kier alpha value is -2.37. The van der Waals surface area contributed by atoms with Gasteiger partial charge >= 0.3 is 0 Å². The molecule has 1 aliphatic heterocycles. The van der Waals surface area contributed by atoms with Crippen LogP contribution < -0.4 is 0 Å². The van der Waals surface area contributed by atoms with Crippen LogP contribution in [0, 0.1) is 6.92 Å². The van der Waals surface area contributed by atoms with Gasteiger partial charge in [0.25, 0.3) is 5.91 Å². The Balaban J connectivity index is 1.74. The number of H-pyrrole nitrogens is 1. The quantitative estimate of drug-likeness (QED) is 0.866. The molecule has 0 spiro atoms. The molecule has 0 bridgehead atoms. The highest BCUT2D eigenvalue weighted by Crippen LogP contribution is 2.26. The van der Waals surface area contributed by atoms with Gasteiger partial charge < -0.3 is 10.0 Å². The molecule has 3 rings (SSSR count). The minimum Gasteiger partial charge on any atom is -0.508 e. The number of nitrogens with one attached hydrogen (secondary N) is 1. The van der Waals surface area contributed by atoms with Crippen LogP contribution in [-0.2, 0) is 0 Å². The van der Waals surface area contributed by atoms with Crippen LogP contribution in [0.4, 0.5) is 0 Å². The molecule has 1 aliphatic rings. The number of amides is 1. The number of phenolic OH excluding ortho intramolecular Hbond substituents is 1. The maximum atomic E-state index is 12.4. The molecule has 0 radical (unpaired) electrons. The summed E-state index contributed by atoms with van der Waals surface area (Å²) in [6.45, 7) is 3.14. The number of carbonyl (C=O) groups is 1. The zero-order valence-corrected chi connectivity index (χ0v) is 11.2. The molecule has 2 aromatic rings. The number of nitrogens with zero attached hydrogens (tertiary/aromatic N) is 3. The lowest BCUT2D eigenvalue weighted by Crippen LogP contribution is -2.28. The summed E-state index contributed by atoms with van der Waals surface area (Å²) >= 11 is 0. The van der Waals surface area contributed by atoms with E-state index in [1.54, 1.807) is 25.1 Å². The van der Waals surface area contributed by atoms with E-state index < -0.39 is 0 Å². The predicted molar refractivity (Wildman–Crippen MR) is 72.5 cm³/mol. The van der Waals surface area contributed by atoms with Crippen molar-refractivity contribution in [1.29, 1.82) is 0 Å². The normalized spacial score (nSPS) is 18.4. The molecule has 1 fully saturated rings. The first-order valence-corrected chi connectivity index (χ1v) is 6.59. The molecule has 1 atom stereocenters. The Morgan fingerprint density at radius 2 is 2.35 bits per heavy atom. The predicted octanol–water partition coefficient (Wildman–Crippen LogP) is 1.45. The average molecular weight is 272 g/mol. The number of rotatable bonds is 2. The third kappa shape index (κ3) is 2.24. The highest BCUT2D eigenvalue weighted by Gasteiger charge is 2.29. The second-order valence-electron chi connectivity index (χ2n) is 5.11. The van der Waals surface area contributed by atoms with E-state index in [2.05, 4.69) is 15.2 Å². The van der Waals surface area contributed by atoms with Gasteiger partial charge in [-0.2, -0.15) is 5.10 Å². The van der Waals surface area contributed by atoms with Crippen LogP contribution in [-0.4, -0.2) is 44.2 Å². The summed E-state index contributed by atoms with van der Waals surface area (Å²) in [4.78, 5) is 18.4. The van der Waals surface area contributed by atoms with Crippen molar-refractivity contribution in [2.75, 3.05) is 13.1 Å². The Morgan fingerprint density at radius 1 is 1.50 bits per heavy atom. The molecule has 104 valence electrons. The molecular weight excluding hydrogens is 256 g/mol. The second-order valence-corrected chi connectivity index (χ2v) is 5.11. The molecule has 1 aromatic heterocycles. The van der Waals surface area contributed by atoms with Gasteiger partial charge in [-0.3, -0.25) is 9.89 Å². The van der Waals surface area contributed by atoms with Gasteiger partial charge in [-0.25, -0.2) is 4.98 Å². The molecule has 0 saturated carbocycles.